The van der Waals surface area contributed by atoms with Gasteiger partial charge in [-0.2, -0.15) is 0 Å². The predicted octanol–water partition coefficient (Wildman–Crippen LogP) is 3.21. The summed E-state index contributed by atoms with van der Waals surface area (Å²) in [6, 6.07) is 6.81. The molecule has 0 heterocycles. The Kier molecular flexibility index (Phi) is 6.73. The minimum atomic E-state index is 0.231. The zero-order valence-corrected chi connectivity index (χ0v) is 13.5. The summed E-state index contributed by atoms with van der Waals surface area (Å²) in [7, 11) is 0. The van der Waals surface area contributed by atoms with Gasteiger partial charge in [0.2, 0.25) is 5.91 Å². The maximum absolute atomic E-state index is 11.9. The van der Waals surface area contributed by atoms with Gasteiger partial charge in [-0.15, -0.1) is 0 Å². The summed E-state index contributed by atoms with van der Waals surface area (Å²) in [5, 5.41) is 3.43. The molecule has 0 aliphatic heterocycles. The first kappa shape index (κ1) is 16.7. The highest BCUT2D eigenvalue weighted by atomic mass is 16.2. The van der Waals surface area contributed by atoms with Gasteiger partial charge < -0.3 is 10.2 Å². The first-order chi connectivity index (χ1) is 9.49. The van der Waals surface area contributed by atoms with Crippen LogP contribution in [0.4, 0.5) is 0 Å². The number of nitrogens with zero attached hydrogens (tertiary/aromatic N) is 1. The van der Waals surface area contributed by atoms with Gasteiger partial charge in [-0.3, -0.25) is 4.79 Å². The van der Waals surface area contributed by atoms with Gasteiger partial charge in [-0.25, -0.2) is 0 Å². The molecule has 3 heteroatoms. The Morgan fingerprint density at radius 2 is 1.85 bits per heavy atom. The van der Waals surface area contributed by atoms with Gasteiger partial charge in [-0.05, 0) is 51.3 Å². The molecule has 0 bridgehead atoms. The molecule has 0 saturated carbocycles. The molecule has 1 amide bonds. The summed E-state index contributed by atoms with van der Waals surface area (Å²) in [5.74, 6) is 0.231. The molecule has 0 aliphatic carbocycles. The first-order valence-electron chi connectivity index (χ1n) is 7.57. The highest BCUT2D eigenvalue weighted by Gasteiger charge is 2.10. The number of amides is 1. The fourth-order valence-corrected chi connectivity index (χ4v) is 2.28. The van der Waals surface area contributed by atoms with Crippen molar-refractivity contribution in [3.8, 4) is 0 Å². The molecule has 1 aromatic carbocycles. The predicted molar refractivity (Wildman–Crippen MR) is 84.9 cm³/mol. The van der Waals surface area contributed by atoms with Crippen LogP contribution in [-0.4, -0.2) is 30.4 Å². The van der Waals surface area contributed by atoms with E-state index in [2.05, 4.69) is 44.3 Å². The molecule has 3 nitrogen and oxygen atoms in total. The lowest BCUT2D eigenvalue weighted by Crippen LogP contribution is -2.33. The molecule has 0 saturated heterocycles. The Labute approximate surface area is 123 Å². The third kappa shape index (κ3) is 4.64. The summed E-state index contributed by atoms with van der Waals surface area (Å²) in [5.41, 5.74) is 3.91. The van der Waals surface area contributed by atoms with Crippen molar-refractivity contribution in [3.63, 3.8) is 0 Å². The zero-order valence-electron chi connectivity index (χ0n) is 13.5. The third-order valence-electron chi connectivity index (χ3n) is 3.94. The average Bonchev–Trinajstić information content (AvgIpc) is 2.43. The van der Waals surface area contributed by atoms with Crippen LogP contribution in [0.3, 0.4) is 0 Å². The van der Waals surface area contributed by atoms with Crippen LogP contribution in [0.25, 0.3) is 0 Å². The van der Waals surface area contributed by atoms with E-state index in [1.165, 1.54) is 16.7 Å². The van der Waals surface area contributed by atoms with Gasteiger partial charge in [0, 0.05) is 32.1 Å². The van der Waals surface area contributed by atoms with E-state index in [-0.39, 0.29) is 11.9 Å². The second-order valence-corrected chi connectivity index (χ2v) is 5.34. The van der Waals surface area contributed by atoms with E-state index < -0.39 is 0 Å². The van der Waals surface area contributed by atoms with Crippen LogP contribution in [0.15, 0.2) is 18.2 Å². The minimum Gasteiger partial charge on any atom is -0.343 e. The summed E-state index contributed by atoms with van der Waals surface area (Å²) in [4.78, 5) is 13.8. The smallest absolute Gasteiger partial charge is 0.223 e. The number of rotatable bonds is 7. The van der Waals surface area contributed by atoms with Crippen LogP contribution in [0.5, 0.6) is 0 Å². The van der Waals surface area contributed by atoms with Crippen molar-refractivity contribution in [3.05, 3.63) is 34.9 Å². The van der Waals surface area contributed by atoms with Gasteiger partial charge in [0.05, 0.1) is 0 Å². The molecule has 1 aromatic rings. The van der Waals surface area contributed by atoms with Crippen LogP contribution in [0.2, 0.25) is 0 Å². The SMILES string of the molecule is CCN(CC)C(=O)CCNC(C)c1ccc(C)c(C)c1. The topological polar surface area (TPSA) is 32.3 Å². The molecule has 20 heavy (non-hydrogen) atoms. The lowest BCUT2D eigenvalue weighted by Gasteiger charge is -2.20. The molecule has 0 aliphatic rings. The minimum absolute atomic E-state index is 0.231. The summed E-state index contributed by atoms with van der Waals surface area (Å²) in [6.45, 7) is 12.8. The van der Waals surface area contributed by atoms with E-state index >= 15 is 0 Å². The van der Waals surface area contributed by atoms with Gasteiger partial charge in [-0.1, -0.05) is 18.2 Å². The summed E-state index contributed by atoms with van der Waals surface area (Å²) < 4.78 is 0. The van der Waals surface area contributed by atoms with Gasteiger partial charge in [0.25, 0.3) is 0 Å². The Bertz CT molecular complexity index is 439. The number of hydrogen-bond donors (Lipinski definition) is 1. The molecule has 0 fully saturated rings. The number of carbonyl (C=O) groups excluding carboxylic acids is 1. The molecule has 0 radical (unpaired) electrons. The summed E-state index contributed by atoms with van der Waals surface area (Å²) >= 11 is 0. The molecular formula is C17H28N2O. The number of benzene rings is 1. The number of aryl methyl sites for hydroxylation is 2. The van der Waals surface area contributed by atoms with Crippen molar-refractivity contribution < 1.29 is 4.79 Å². The lowest BCUT2D eigenvalue weighted by molar-refractivity contribution is -0.130. The van der Waals surface area contributed by atoms with Gasteiger partial charge in [0.15, 0.2) is 0 Å². The van der Waals surface area contributed by atoms with Crippen molar-refractivity contribution in [1.82, 2.24) is 10.2 Å². The molecule has 1 N–H and O–H groups in total. The molecule has 1 unspecified atom stereocenters. The van der Waals surface area contributed by atoms with Crippen LogP contribution < -0.4 is 5.32 Å². The van der Waals surface area contributed by atoms with Crippen molar-refractivity contribution in [2.24, 2.45) is 0 Å². The Hall–Kier alpha value is -1.35. The number of nitrogens with one attached hydrogen (secondary N) is 1. The first-order valence-corrected chi connectivity index (χ1v) is 7.57. The fraction of sp³-hybridized carbons (Fsp3) is 0.588. The second-order valence-electron chi connectivity index (χ2n) is 5.34. The van der Waals surface area contributed by atoms with Gasteiger partial charge >= 0.3 is 0 Å². The second kappa shape index (κ2) is 8.05. The maximum Gasteiger partial charge on any atom is 0.223 e. The van der Waals surface area contributed by atoms with E-state index in [4.69, 9.17) is 0 Å². The van der Waals surface area contributed by atoms with Crippen LogP contribution in [0, 0.1) is 13.8 Å². The average molecular weight is 276 g/mol. The normalized spacial score (nSPS) is 12.2. The molecule has 0 aromatic heterocycles. The van der Waals surface area contributed by atoms with Crippen LogP contribution >= 0.6 is 0 Å². The largest absolute Gasteiger partial charge is 0.343 e. The van der Waals surface area contributed by atoms with Crippen LogP contribution in [-0.2, 0) is 4.79 Å². The Morgan fingerprint density at radius 1 is 1.20 bits per heavy atom. The number of carbonyl (C=O) groups is 1. The van der Waals surface area contributed by atoms with Crippen molar-refractivity contribution in [2.75, 3.05) is 19.6 Å². The highest BCUT2D eigenvalue weighted by Crippen LogP contribution is 2.16. The highest BCUT2D eigenvalue weighted by molar-refractivity contribution is 5.76. The van der Waals surface area contributed by atoms with E-state index in [1.54, 1.807) is 0 Å². The monoisotopic (exact) mass is 276 g/mol. The Balaban J connectivity index is 2.45. The van der Waals surface area contributed by atoms with Crippen molar-refractivity contribution in [1.29, 1.82) is 0 Å². The standard InChI is InChI=1S/C17H28N2O/c1-6-19(7-2)17(20)10-11-18-15(5)16-9-8-13(3)14(4)12-16/h8-9,12,15,18H,6-7,10-11H2,1-5H3. The van der Waals surface area contributed by atoms with Crippen molar-refractivity contribution in [2.45, 2.75) is 47.1 Å². The van der Waals surface area contributed by atoms with E-state index in [0.29, 0.717) is 6.42 Å². The zero-order chi connectivity index (χ0) is 15.1. The Morgan fingerprint density at radius 3 is 2.40 bits per heavy atom. The third-order valence-corrected chi connectivity index (χ3v) is 3.94. The van der Waals surface area contributed by atoms with E-state index in [0.717, 1.165) is 19.6 Å². The van der Waals surface area contributed by atoms with Gasteiger partial charge in [0.1, 0.15) is 0 Å². The molecule has 1 rings (SSSR count). The van der Waals surface area contributed by atoms with E-state index in [1.807, 2.05) is 18.7 Å². The summed E-state index contributed by atoms with van der Waals surface area (Å²) in [6.07, 6.45) is 0.566. The molecule has 0 spiro atoms. The quantitative estimate of drug-likeness (QED) is 0.829. The number of hydrogen-bond acceptors (Lipinski definition) is 2. The van der Waals surface area contributed by atoms with E-state index in [9.17, 15) is 4.79 Å². The molecule has 1 atom stereocenters. The molecular weight excluding hydrogens is 248 g/mol. The molecule has 112 valence electrons. The maximum atomic E-state index is 11.9. The lowest BCUT2D eigenvalue weighted by atomic mass is 10.0. The van der Waals surface area contributed by atoms with Crippen molar-refractivity contribution >= 4 is 5.91 Å². The fourth-order valence-electron chi connectivity index (χ4n) is 2.28. The van der Waals surface area contributed by atoms with Crippen LogP contribution in [0.1, 0.15) is 49.9 Å².